The average Bonchev–Trinajstić information content (AvgIpc) is 2.62. The standard InChI is InChI=1S/C9H16O/c1-3-5-8-7(4-2)9(8)6-10/h4,7-10H,2-3,5-6H2,1H3. The van der Waals surface area contributed by atoms with E-state index in [2.05, 4.69) is 13.5 Å². The summed E-state index contributed by atoms with van der Waals surface area (Å²) in [6.07, 6.45) is 4.47. The molecule has 10 heavy (non-hydrogen) atoms. The summed E-state index contributed by atoms with van der Waals surface area (Å²) in [5.74, 6) is 1.90. The van der Waals surface area contributed by atoms with Crippen LogP contribution in [0.25, 0.3) is 0 Å². The molecule has 3 unspecified atom stereocenters. The summed E-state index contributed by atoms with van der Waals surface area (Å²) >= 11 is 0. The van der Waals surface area contributed by atoms with Crippen molar-refractivity contribution >= 4 is 0 Å². The van der Waals surface area contributed by atoms with Gasteiger partial charge < -0.3 is 5.11 Å². The lowest BCUT2D eigenvalue weighted by Gasteiger charge is -1.89. The molecule has 3 atom stereocenters. The quantitative estimate of drug-likeness (QED) is 0.591. The summed E-state index contributed by atoms with van der Waals surface area (Å²) < 4.78 is 0. The smallest absolute Gasteiger partial charge is 0.0467 e. The van der Waals surface area contributed by atoms with Crippen molar-refractivity contribution in [3.05, 3.63) is 12.7 Å². The normalized spacial score (nSPS) is 37.6. The Morgan fingerprint density at radius 3 is 2.50 bits per heavy atom. The molecule has 0 saturated heterocycles. The fraction of sp³-hybridized carbons (Fsp3) is 0.778. The first-order valence-corrected chi connectivity index (χ1v) is 4.08. The number of hydrogen-bond acceptors (Lipinski definition) is 1. The fourth-order valence-corrected chi connectivity index (χ4v) is 1.82. The minimum Gasteiger partial charge on any atom is -0.396 e. The average molecular weight is 140 g/mol. The van der Waals surface area contributed by atoms with Crippen molar-refractivity contribution in [3.63, 3.8) is 0 Å². The van der Waals surface area contributed by atoms with Gasteiger partial charge in [-0.15, -0.1) is 6.58 Å². The van der Waals surface area contributed by atoms with E-state index in [-0.39, 0.29) is 0 Å². The van der Waals surface area contributed by atoms with Gasteiger partial charge in [-0.25, -0.2) is 0 Å². The van der Waals surface area contributed by atoms with Crippen LogP contribution in [0.4, 0.5) is 0 Å². The Labute approximate surface area is 62.8 Å². The van der Waals surface area contributed by atoms with Gasteiger partial charge in [0.15, 0.2) is 0 Å². The first kappa shape index (κ1) is 7.80. The molecule has 0 aromatic rings. The van der Waals surface area contributed by atoms with Gasteiger partial charge >= 0.3 is 0 Å². The topological polar surface area (TPSA) is 20.2 Å². The van der Waals surface area contributed by atoms with Crippen LogP contribution in [0.15, 0.2) is 12.7 Å². The van der Waals surface area contributed by atoms with Gasteiger partial charge in [0.1, 0.15) is 0 Å². The van der Waals surface area contributed by atoms with Crippen LogP contribution in [0.1, 0.15) is 19.8 Å². The highest BCUT2D eigenvalue weighted by Gasteiger charge is 2.45. The minimum absolute atomic E-state index is 0.349. The fourth-order valence-electron chi connectivity index (χ4n) is 1.82. The molecule has 1 N–H and O–H groups in total. The Kier molecular flexibility index (Phi) is 2.50. The number of rotatable bonds is 4. The van der Waals surface area contributed by atoms with E-state index >= 15 is 0 Å². The van der Waals surface area contributed by atoms with Crippen LogP contribution >= 0.6 is 0 Å². The molecule has 1 fully saturated rings. The van der Waals surface area contributed by atoms with Gasteiger partial charge in [-0.3, -0.25) is 0 Å². The van der Waals surface area contributed by atoms with Crippen LogP contribution in [0.3, 0.4) is 0 Å². The third-order valence-electron chi connectivity index (χ3n) is 2.50. The van der Waals surface area contributed by atoms with E-state index in [1.165, 1.54) is 12.8 Å². The number of allylic oxidation sites excluding steroid dienone is 1. The van der Waals surface area contributed by atoms with E-state index in [0.29, 0.717) is 18.4 Å². The molecule has 58 valence electrons. The summed E-state index contributed by atoms with van der Waals surface area (Å²) in [6.45, 7) is 6.28. The molecule has 1 saturated carbocycles. The van der Waals surface area contributed by atoms with Crippen molar-refractivity contribution in [1.29, 1.82) is 0 Å². The van der Waals surface area contributed by atoms with Crippen LogP contribution in [0.2, 0.25) is 0 Å². The van der Waals surface area contributed by atoms with Crippen LogP contribution in [-0.4, -0.2) is 11.7 Å². The zero-order valence-corrected chi connectivity index (χ0v) is 6.59. The molecule has 1 nitrogen and oxygen atoms in total. The highest BCUT2D eigenvalue weighted by atomic mass is 16.3. The lowest BCUT2D eigenvalue weighted by Crippen LogP contribution is -1.87. The Hall–Kier alpha value is -0.300. The zero-order chi connectivity index (χ0) is 7.56. The Morgan fingerprint density at radius 2 is 2.20 bits per heavy atom. The van der Waals surface area contributed by atoms with Crippen molar-refractivity contribution in [2.75, 3.05) is 6.61 Å². The predicted octanol–water partition coefficient (Wildman–Crippen LogP) is 1.83. The Bertz CT molecular complexity index is 120. The van der Waals surface area contributed by atoms with Crippen molar-refractivity contribution in [3.8, 4) is 0 Å². The summed E-state index contributed by atoms with van der Waals surface area (Å²) in [7, 11) is 0. The summed E-state index contributed by atoms with van der Waals surface area (Å²) in [4.78, 5) is 0. The van der Waals surface area contributed by atoms with Crippen LogP contribution in [0.5, 0.6) is 0 Å². The molecule has 0 spiro atoms. The predicted molar refractivity (Wildman–Crippen MR) is 42.7 cm³/mol. The van der Waals surface area contributed by atoms with Gasteiger partial charge in [0.25, 0.3) is 0 Å². The van der Waals surface area contributed by atoms with E-state index in [0.717, 1.165) is 5.92 Å². The van der Waals surface area contributed by atoms with Gasteiger partial charge in [0.2, 0.25) is 0 Å². The molecule has 1 aliphatic carbocycles. The zero-order valence-electron chi connectivity index (χ0n) is 6.59. The SMILES string of the molecule is C=CC1C(CO)C1CCC. The molecule has 0 bridgehead atoms. The Morgan fingerprint density at radius 1 is 1.50 bits per heavy atom. The second-order valence-corrected chi connectivity index (χ2v) is 3.11. The molecular weight excluding hydrogens is 124 g/mol. The van der Waals surface area contributed by atoms with Crippen LogP contribution in [0, 0.1) is 17.8 Å². The molecule has 0 aromatic carbocycles. The summed E-state index contributed by atoms with van der Waals surface area (Å²) in [6, 6.07) is 0. The van der Waals surface area contributed by atoms with Crippen LogP contribution < -0.4 is 0 Å². The maximum Gasteiger partial charge on any atom is 0.0467 e. The molecule has 0 aromatic heterocycles. The van der Waals surface area contributed by atoms with Gasteiger partial charge in [-0.1, -0.05) is 19.4 Å². The third kappa shape index (κ3) is 1.24. The van der Waals surface area contributed by atoms with Crippen LogP contribution in [-0.2, 0) is 0 Å². The van der Waals surface area contributed by atoms with Gasteiger partial charge in [0, 0.05) is 6.61 Å². The van der Waals surface area contributed by atoms with Crippen molar-refractivity contribution in [1.82, 2.24) is 0 Å². The lowest BCUT2D eigenvalue weighted by atomic mass is 10.2. The van der Waals surface area contributed by atoms with Gasteiger partial charge in [-0.05, 0) is 24.2 Å². The number of aliphatic hydroxyl groups is 1. The minimum atomic E-state index is 0.349. The summed E-state index contributed by atoms with van der Waals surface area (Å²) in [5, 5.41) is 8.86. The Balaban J connectivity index is 2.29. The van der Waals surface area contributed by atoms with E-state index in [1.54, 1.807) is 0 Å². The molecule has 1 aliphatic rings. The highest BCUT2D eigenvalue weighted by Crippen LogP contribution is 2.49. The lowest BCUT2D eigenvalue weighted by molar-refractivity contribution is 0.265. The van der Waals surface area contributed by atoms with E-state index in [1.807, 2.05) is 6.08 Å². The molecule has 0 radical (unpaired) electrons. The number of hydrogen-bond donors (Lipinski definition) is 1. The maximum absolute atomic E-state index is 8.86. The third-order valence-corrected chi connectivity index (χ3v) is 2.50. The largest absolute Gasteiger partial charge is 0.396 e. The number of aliphatic hydroxyl groups excluding tert-OH is 1. The van der Waals surface area contributed by atoms with Gasteiger partial charge in [-0.2, -0.15) is 0 Å². The van der Waals surface area contributed by atoms with Gasteiger partial charge in [0.05, 0.1) is 0 Å². The summed E-state index contributed by atoms with van der Waals surface area (Å²) in [5.41, 5.74) is 0. The second kappa shape index (κ2) is 3.20. The van der Waals surface area contributed by atoms with Crippen molar-refractivity contribution in [2.45, 2.75) is 19.8 Å². The first-order valence-electron chi connectivity index (χ1n) is 4.08. The molecule has 0 heterocycles. The second-order valence-electron chi connectivity index (χ2n) is 3.11. The first-order chi connectivity index (χ1) is 4.85. The molecule has 0 aliphatic heterocycles. The van der Waals surface area contributed by atoms with E-state index in [4.69, 9.17) is 5.11 Å². The molecule has 1 heteroatoms. The maximum atomic E-state index is 8.86. The molecule has 1 rings (SSSR count). The molecular formula is C9H16O. The van der Waals surface area contributed by atoms with Crippen molar-refractivity contribution in [2.24, 2.45) is 17.8 Å². The highest BCUT2D eigenvalue weighted by molar-refractivity contribution is 5.05. The molecule has 0 amide bonds. The monoisotopic (exact) mass is 140 g/mol. The van der Waals surface area contributed by atoms with E-state index < -0.39 is 0 Å². The van der Waals surface area contributed by atoms with Crippen molar-refractivity contribution < 1.29 is 5.11 Å². The van der Waals surface area contributed by atoms with E-state index in [9.17, 15) is 0 Å².